The molecule has 0 atom stereocenters. The summed E-state index contributed by atoms with van der Waals surface area (Å²) in [6.07, 6.45) is 1.79. The van der Waals surface area contributed by atoms with Crippen LogP contribution in [0, 0.1) is 0 Å². The highest BCUT2D eigenvalue weighted by Crippen LogP contribution is 2.01. The van der Waals surface area contributed by atoms with Crippen molar-refractivity contribution in [3.8, 4) is 0 Å². The van der Waals surface area contributed by atoms with E-state index in [1.54, 1.807) is 6.20 Å². The maximum Gasteiger partial charge on any atom is 0.192 e. The fraction of sp³-hybridized carbons (Fsp3) is 0.667. The van der Waals surface area contributed by atoms with Gasteiger partial charge in [0.15, 0.2) is 5.96 Å². The number of nitrogens with one attached hydrogen (secondary N) is 2. The van der Waals surface area contributed by atoms with Gasteiger partial charge in [0.25, 0.3) is 0 Å². The standard InChI is InChI=1S/C12H23N5/c1-6-13-11(16-12(2,3)4)14-9-10-7-8-15-17(10)5/h7-8H,6,9H2,1-5H3,(H2,13,14,16). The Kier molecular flexibility index (Phi) is 4.54. The smallest absolute Gasteiger partial charge is 0.192 e. The summed E-state index contributed by atoms with van der Waals surface area (Å²) in [6, 6.07) is 1.98. The molecule has 0 amide bonds. The molecular formula is C12H23N5. The molecule has 0 aliphatic heterocycles. The molecule has 0 aromatic carbocycles. The Bertz CT molecular complexity index is 372. The molecule has 0 aliphatic rings. The molecule has 0 fully saturated rings. The van der Waals surface area contributed by atoms with E-state index in [0.717, 1.165) is 18.2 Å². The largest absolute Gasteiger partial charge is 0.357 e. The van der Waals surface area contributed by atoms with Gasteiger partial charge >= 0.3 is 0 Å². The minimum atomic E-state index is 0.00740. The third kappa shape index (κ3) is 4.89. The lowest BCUT2D eigenvalue weighted by atomic mass is 10.1. The molecule has 1 heterocycles. The van der Waals surface area contributed by atoms with Crippen LogP contribution in [0.25, 0.3) is 0 Å². The van der Waals surface area contributed by atoms with E-state index >= 15 is 0 Å². The summed E-state index contributed by atoms with van der Waals surface area (Å²) >= 11 is 0. The SMILES string of the molecule is CCNC(=NCc1ccnn1C)NC(C)(C)C. The monoisotopic (exact) mass is 237 g/mol. The highest BCUT2D eigenvalue weighted by Gasteiger charge is 2.11. The number of guanidine groups is 1. The Labute approximate surface area is 103 Å². The van der Waals surface area contributed by atoms with Crippen molar-refractivity contribution < 1.29 is 0 Å². The summed E-state index contributed by atoms with van der Waals surface area (Å²) in [7, 11) is 1.93. The molecule has 0 spiro atoms. The van der Waals surface area contributed by atoms with Crippen LogP contribution >= 0.6 is 0 Å². The van der Waals surface area contributed by atoms with E-state index in [2.05, 4.69) is 48.4 Å². The molecule has 1 rings (SSSR count). The second-order valence-electron chi connectivity index (χ2n) is 5.02. The number of nitrogens with zero attached hydrogens (tertiary/aromatic N) is 3. The highest BCUT2D eigenvalue weighted by atomic mass is 15.3. The molecule has 1 aromatic rings. The maximum absolute atomic E-state index is 4.54. The van der Waals surface area contributed by atoms with E-state index in [-0.39, 0.29) is 5.54 Å². The molecule has 0 unspecified atom stereocenters. The number of hydrogen-bond acceptors (Lipinski definition) is 2. The summed E-state index contributed by atoms with van der Waals surface area (Å²) in [4.78, 5) is 4.54. The zero-order chi connectivity index (χ0) is 12.9. The number of aliphatic imine (C=N–C) groups is 1. The van der Waals surface area contributed by atoms with E-state index in [9.17, 15) is 0 Å². The van der Waals surface area contributed by atoms with E-state index in [1.165, 1.54) is 0 Å². The van der Waals surface area contributed by atoms with Gasteiger partial charge in [-0.25, -0.2) is 4.99 Å². The quantitative estimate of drug-likeness (QED) is 0.615. The van der Waals surface area contributed by atoms with Gasteiger partial charge in [-0.3, -0.25) is 4.68 Å². The van der Waals surface area contributed by atoms with Gasteiger partial charge in [0.05, 0.1) is 12.2 Å². The summed E-state index contributed by atoms with van der Waals surface area (Å²) in [5.74, 6) is 0.834. The van der Waals surface area contributed by atoms with Gasteiger partial charge in [-0.05, 0) is 33.8 Å². The van der Waals surface area contributed by atoms with Gasteiger partial charge < -0.3 is 10.6 Å². The maximum atomic E-state index is 4.54. The summed E-state index contributed by atoms with van der Waals surface area (Å²) in [5.41, 5.74) is 1.10. The Morgan fingerprint density at radius 1 is 1.47 bits per heavy atom. The molecular weight excluding hydrogens is 214 g/mol. The van der Waals surface area contributed by atoms with Gasteiger partial charge in [0.1, 0.15) is 0 Å². The van der Waals surface area contributed by atoms with Crippen LogP contribution in [0.15, 0.2) is 17.3 Å². The fourth-order valence-electron chi connectivity index (χ4n) is 1.38. The lowest BCUT2D eigenvalue weighted by molar-refractivity contribution is 0.501. The van der Waals surface area contributed by atoms with Crippen LogP contribution in [-0.2, 0) is 13.6 Å². The summed E-state index contributed by atoms with van der Waals surface area (Å²) in [6.45, 7) is 9.89. The van der Waals surface area contributed by atoms with Crippen molar-refractivity contribution in [2.75, 3.05) is 6.54 Å². The molecule has 17 heavy (non-hydrogen) atoms. The predicted octanol–water partition coefficient (Wildman–Crippen LogP) is 1.27. The van der Waals surface area contributed by atoms with Crippen molar-refractivity contribution in [2.45, 2.75) is 39.8 Å². The molecule has 96 valence electrons. The van der Waals surface area contributed by atoms with Crippen LogP contribution in [0.5, 0.6) is 0 Å². The minimum absolute atomic E-state index is 0.00740. The zero-order valence-electron chi connectivity index (χ0n) is 11.4. The Morgan fingerprint density at radius 2 is 2.18 bits per heavy atom. The van der Waals surface area contributed by atoms with Crippen LogP contribution in [0.2, 0.25) is 0 Å². The van der Waals surface area contributed by atoms with Crippen LogP contribution in [0.3, 0.4) is 0 Å². The Hall–Kier alpha value is -1.52. The third-order valence-corrected chi connectivity index (χ3v) is 2.16. The molecule has 0 bridgehead atoms. The fourth-order valence-corrected chi connectivity index (χ4v) is 1.38. The minimum Gasteiger partial charge on any atom is -0.357 e. The van der Waals surface area contributed by atoms with Gasteiger partial charge in [0, 0.05) is 25.3 Å². The average Bonchev–Trinajstić information content (AvgIpc) is 2.59. The summed E-state index contributed by atoms with van der Waals surface area (Å²) < 4.78 is 1.84. The first-order chi connectivity index (χ1) is 7.92. The van der Waals surface area contributed by atoms with Crippen molar-refractivity contribution in [1.82, 2.24) is 20.4 Å². The predicted molar refractivity (Wildman–Crippen MR) is 70.9 cm³/mol. The Morgan fingerprint density at radius 3 is 2.65 bits per heavy atom. The Balaban J connectivity index is 2.67. The first-order valence-corrected chi connectivity index (χ1v) is 5.96. The van der Waals surface area contributed by atoms with Crippen molar-refractivity contribution in [1.29, 1.82) is 0 Å². The molecule has 5 heteroatoms. The van der Waals surface area contributed by atoms with Gasteiger partial charge in [-0.1, -0.05) is 0 Å². The van der Waals surface area contributed by atoms with E-state index < -0.39 is 0 Å². The third-order valence-electron chi connectivity index (χ3n) is 2.16. The van der Waals surface area contributed by atoms with Crippen LogP contribution < -0.4 is 10.6 Å². The van der Waals surface area contributed by atoms with Crippen molar-refractivity contribution in [3.05, 3.63) is 18.0 Å². The number of rotatable bonds is 3. The van der Waals surface area contributed by atoms with E-state index in [4.69, 9.17) is 0 Å². The van der Waals surface area contributed by atoms with Gasteiger partial charge in [0.2, 0.25) is 0 Å². The van der Waals surface area contributed by atoms with Crippen molar-refractivity contribution in [2.24, 2.45) is 12.0 Å². The lowest BCUT2D eigenvalue weighted by Gasteiger charge is -2.23. The normalized spacial score (nSPS) is 12.6. The highest BCUT2D eigenvalue weighted by molar-refractivity contribution is 5.80. The molecule has 0 aliphatic carbocycles. The molecule has 0 saturated heterocycles. The second kappa shape index (κ2) is 5.70. The number of hydrogen-bond donors (Lipinski definition) is 2. The molecule has 2 N–H and O–H groups in total. The topological polar surface area (TPSA) is 54.2 Å². The lowest BCUT2D eigenvalue weighted by Crippen LogP contribution is -2.47. The number of aryl methyl sites for hydroxylation is 1. The first-order valence-electron chi connectivity index (χ1n) is 5.96. The molecule has 0 saturated carbocycles. The number of aromatic nitrogens is 2. The van der Waals surface area contributed by atoms with E-state index in [0.29, 0.717) is 6.54 Å². The molecule has 5 nitrogen and oxygen atoms in total. The molecule has 1 aromatic heterocycles. The van der Waals surface area contributed by atoms with Crippen molar-refractivity contribution >= 4 is 5.96 Å². The van der Waals surface area contributed by atoms with Crippen LogP contribution in [0.4, 0.5) is 0 Å². The van der Waals surface area contributed by atoms with Crippen molar-refractivity contribution in [3.63, 3.8) is 0 Å². The average molecular weight is 237 g/mol. The van der Waals surface area contributed by atoms with Crippen LogP contribution in [-0.4, -0.2) is 27.8 Å². The second-order valence-corrected chi connectivity index (χ2v) is 5.02. The van der Waals surface area contributed by atoms with Gasteiger partial charge in [-0.15, -0.1) is 0 Å². The van der Waals surface area contributed by atoms with E-state index in [1.807, 2.05) is 17.8 Å². The van der Waals surface area contributed by atoms with Gasteiger partial charge in [-0.2, -0.15) is 5.10 Å². The summed E-state index contributed by atoms with van der Waals surface area (Å²) in [5, 5.41) is 10.7. The molecule has 0 radical (unpaired) electrons. The zero-order valence-corrected chi connectivity index (χ0v) is 11.4. The first kappa shape index (κ1) is 13.5. The van der Waals surface area contributed by atoms with Crippen LogP contribution in [0.1, 0.15) is 33.4 Å².